The van der Waals surface area contributed by atoms with E-state index < -0.39 is 12.0 Å². The summed E-state index contributed by atoms with van der Waals surface area (Å²) in [4.78, 5) is 33.8. The van der Waals surface area contributed by atoms with E-state index in [9.17, 15) is 9.59 Å². The number of para-hydroxylation sites is 1. The minimum absolute atomic E-state index is 0.0588. The lowest BCUT2D eigenvalue weighted by atomic mass is 9.82. The Morgan fingerprint density at radius 2 is 1.39 bits per heavy atom. The van der Waals surface area contributed by atoms with E-state index in [1.54, 1.807) is 45.5 Å². The van der Waals surface area contributed by atoms with Crippen molar-refractivity contribution in [3.8, 4) is 23.0 Å². The third-order valence-electron chi connectivity index (χ3n) is 8.01. The van der Waals surface area contributed by atoms with Crippen LogP contribution in [0.4, 0.5) is 11.4 Å². The molecule has 2 heterocycles. The van der Waals surface area contributed by atoms with Crippen LogP contribution in [0, 0.1) is 5.92 Å². The molecule has 9 nitrogen and oxygen atoms in total. The number of piperidine rings is 1. The van der Waals surface area contributed by atoms with Crippen molar-refractivity contribution in [3.63, 3.8) is 0 Å². The minimum Gasteiger partial charge on any atom is -0.497 e. The third kappa shape index (κ3) is 5.62. The molecule has 0 N–H and O–H groups in total. The Kier molecular flexibility index (Phi) is 8.52. The maximum atomic E-state index is 14.2. The van der Waals surface area contributed by atoms with Gasteiger partial charge in [0.05, 0.1) is 46.1 Å². The summed E-state index contributed by atoms with van der Waals surface area (Å²) in [6.07, 6.45) is 0.720. The number of methoxy groups -OCH3 is 4. The van der Waals surface area contributed by atoms with E-state index in [1.807, 2.05) is 47.4 Å². The van der Waals surface area contributed by atoms with Crippen LogP contribution in [0.5, 0.6) is 23.0 Å². The van der Waals surface area contributed by atoms with Gasteiger partial charge in [0.2, 0.25) is 17.6 Å². The molecule has 0 aliphatic carbocycles. The Balaban J connectivity index is 1.50. The molecule has 2 amide bonds. The van der Waals surface area contributed by atoms with E-state index in [4.69, 9.17) is 18.9 Å². The molecule has 2 aliphatic rings. The van der Waals surface area contributed by atoms with Crippen LogP contribution in [0.15, 0.2) is 66.7 Å². The number of anilines is 2. The molecule has 0 saturated carbocycles. The highest BCUT2D eigenvalue weighted by molar-refractivity contribution is 5.98. The Hall–Kier alpha value is -4.40. The number of ether oxygens (including phenoxy) is 4. The second-order valence-corrected chi connectivity index (χ2v) is 10.2. The van der Waals surface area contributed by atoms with E-state index in [0.717, 1.165) is 24.3 Å². The van der Waals surface area contributed by atoms with Gasteiger partial charge in [-0.1, -0.05) is 30.3 Å². The maximum Gasteiger partial charge on any atom is 0.228 e. The highest BCUT2D eigenvalue weighted by atomic mass is 16.5. The fourth-order valence-electron chi connectivity index (χ4n) is 5.90. The van der Waals surface area contributed by atoms with Gasteiger partial charge in [-0.25, -0.2) is 0 Å². The summed E-state index contributed by atoms with van der Waals surface area (Å²) in [5, 5.41) is 0. The number of rotatable bonds is 8. The van der Waals surface area contributed by atoms with Gasteiger partial charge in [0.1, 0.15) is 5.75 Å². The van der Waals surface area contributed by atoms with Gasteiger partial charge in [-0.3, -0.25) is 9.59 Å². The summed E-state index contributed by atoms with van der Waals surface area (Å²) >= 11 is 0. The molecule has 3 aromatic rings. The number of carbonyl (C=O) groups excluding carboxylic acids is 2. The predicted molar refractivity (Wildman–Crippen MR) is 157 cm³/mol. The minimum atomic E-state index is -0.524. The zero-order chi connectivity index (χ0) is 28.9. The van der Waals surface area contributed by atoms with Crippen LogP contribution in [0.3, 0.4) is 0 Å². The zero-order valence-electron chi connectivity index (χ0n) is 24.0. The van der Waals surface area contributed by atoms with Gasteiger partial charge in [-0.05, 0) is 36.2 Å². The van der Waals surface area contributed by atoms with Crippen LogP contribution in [0.25, 0.3) is 0 Å². The summed E-state index contributed by atoms with van der Waals surface area (Å²) < 4.78 is 22.1. The standard InChI is InChI=1S/C32H37N3O6/c1-38-25-12-10-22(11-13-25)30-26(32(37)34-18-16-33(17-19-34)23-8-6-5-7-9-23)14-15-29(36)35(30)24-20-27(39-2)31(41-4)28(21-24)40-3/h5-13,20-21,26,30H,14-19H2,1-4H3/t26-,30+/m1/s1. The van der Waals surface area contributed by atoms with Crippen LogP contribution >= 0.6 is 0 Å². The number of nitrogens with zero attached hydrogens (tertiary/aromatic N) is 3. The number of piperazine rings is 1. The van der Waals surface area contributed by atoms with Gasteiger partial charge in [-0.2, -0.15) is 0 Å². The van der Waals surface area contributed by atoms with Crippen LogP contribution in [-0.2, 0) is 9.59 Å². The molecule has 41 heavy (non-hydrogen) atoms. The summed E-state index contributed by atoms with van der Waals surface area (Å²) in [6.45, 7) is 2.76. The van der Waals surface area contributed by atoms with Crippen molar-refractivity contribution in [2.45, 2.75) is 18.9 Å². The number of carbonyl (C=O) groups is 2. The normalized spacial score (nSPS) is 19.1. The van der Waals surface area contributed by atoms with E-state index in [0.29, 0.717) is 48.2 Å². The molecule has 2 saturated heterocycles. The fourth-order valence-corrected chi connectivity index (χ4v) is 5.90. The molecule has 3 aromatic carbocycles. The van der Waals surface area contributed by atoms with Crippen LogP contribution in [0.2, 0.25) is 0 Å². The van der Waals surface area contributed by atoms with Crippen LogP contribution < -0.4 is 28.7 Å². The number of amides is 2. The first-order valence-corrected chi connectivity index (χ1v) is 13.8. The zero-order valence-corrected chi connectivity index (χ0v) is 24.0. The Labute approximate surface area is 241 Å². The van der Waals surface area contributed by atoms with E-state index in [-0.39, 0.29) is 18.2 Å². The largest absolute Gasteiger partial charge is 0.497 e. The van der Waals surface area contributed by atoms with Crippen molar-refractivity contribution in [1.29, 1.82) is 0 Å². The van der Waals surface area contributed by atoms with Crippen LogP contribution in [-0.4, -0.2) is 71.3 Å². The Bertz CT molecular complexity index is 1330. The van der Waals surface area contributed by atoms with Crippen molar-refractivity contribution < 1.29 is 28.5 Å². The van der Waals surface area contributed by atoms with Gasteiger partial charge in [0, 0.05) is 50.4 Å². The topological polar surface area (TPSA) is 80.8 Å². The number of hydrogen-bond acceptors (Lipinski definition) is 7. The Morgan fingerprint density at radius 1 is 0.756 bits per heavy atom. The smallest absolute Gasteiger partial charge is 0.228 e. The number of hydrogen-bond donors (Lipinski definition) is 0. The lowest BCUT2D eigenvalue weighted by Crippen LogP contribution is -2.54. The molecule has 0 radical (unpaired) electrons. The SMILES string of the molecule is COc1ccc([C@H]2[C@H](C(=O)N3CCN(c4ccccc4)CC3)CCC(=O)N2c2cc(OC)c(OC)c(OC)c2)cc1. The highest BCUT2D eigenvalue weighted by Gasteiger charge is 2.43. The summed E-state index contributed by atoms with van der Waals surface area (Å²) in [5.74, 6) is 1.58. The molecule has 0 unspecified atom stereocenters. The molecule has 0 aromatic heterocycles. The van der Waals surface area contributed by atoms with Crippen molar-refractivity contribution >= 4 is 23.2 Å². The average Bonchev–Trinajstić information content (AvgIpc) is 3.04. The van der Waals surface area contributed by atoms with Crippen molar-refractivity contribution in [2.75, 3.05) is 64.4 Å². The molecule has 5 rings (SSSR count). The molecular formula is C32H37N3O6. The average molecular weight is 560 g/mol. The van der Waals surface area contributed by atoms with Gasteiger partial charge in [0.15, 0.2) is 11.5 Å². The molecule has 2 aliphatic heterocycles. The monoisotopic (exact) mass is 559 g/mol. The molecule has 9 heteroatoms. The first-order chi connectivity index (χ1) is 20.0. The number of benzene rings is 3. The first kappa shape index (κ1) is 28.1. The molecule has 0 spiro atoms. The lowest BCUT2D eigenvalue weighted by Gasteiger charge is -2.44. The van der Waals surface area contributed by atoms with Crippen molar-refractivity contribution in [2.24, 2.45) is 5.92 Å². The van der Waals surface area contributed by atoms with Crippen LogP contribution in [0.1, 0.15) is 24.4 Å². The van der Waals surface area contributed by atoms with Gasteiger partial charge in [0.25, 0.3) is 0 Å². The molecule has 216 valence electrons. The lowest BCUT2D eigenvalue weighted by molar-refractivity contribution is -0.138. The first-order valence-electron chi connectivity index (χ1n) is 13.8. The maximum absolute atomic E-state index is 14.2. The van der Waals surface area contributed by atoms with Crippen molar-refractivity contribution in [3.05, 3.63) is 72.3 Å². The van der Waals surface area contributed by atoms with E-state index in [2.05, 4.69) is 17.0 Å². The van der Waals surface area contributed by atoms with E-state index >= 15 is 0 Å². The summed E-state index contributed by atoms with van der Waals surface area (Å²) in [5.41, 5.74) is 2.60. The van der Waals surface area contributed by atoms with Gasteiger partial charge < -0.3 is 33.6 Å². The summed E-state index contributed by atoms with van der Waals surface area (Å²) in [7, 11) is 6.24. The molecule has 2 atom stereocenters. The fraction of sp³-hybridized carbons (Fsp3) is 0.375. The second kappa shape index (κ2) is 12.4. The van der Waals surface area contributed by atoms with Crippen molar-refractivity contribution in [1.82, 2.24) is 4.90 Å². The molecule has 2 fully saturated rings. The summed E-state index contributed by atoms with van der Waals surface area (Å²) in [6, 6.07) is 20.9. The third-order valence-corrected chi connectivity index (χ3v) is 8.01. The quantitative estimate of drug-likeness (QED) is 0.401. The predicted octanol–water partition coefficient (Wildman–Crippen LogP) is 4.55. The van der Waals surface area contributed by atoms with Gasteiger partial charge >= 0.3 is 0 Å². The second-order valence-electron chi connectivity index (χ2n) is 10.2. The van der Waals surface area contributed by atoms with Gasteiger partial charge in [-0.15, -0.1) is 0 Å². The highest BCUT2D eigenvalue weighted by Crippen LogP contribution is 2.46. The molecule has 0 bridgehead atoms. The van der Waals surface area contributed by atoms with E-state index in [1.165, 1.54) is 0 Å². The Morgan fingerprint density at radius 3 is 1.95 bits per heavy atom. The molecular weight excluding hydrogens is 522 g/mol.